The Kier molecular flexibility index (Phi) is 3.27. The summed E-state index contributed by atoms with van der Waals surface area (Å²) in [6.07, 6.45) is 4.28. The minimum absolute atomic E-state index is 0.319. The highest BCUT2D eigenvalue weighted by atomic mass is 35.5. The minimum atomic E-state index is -0.671. The molecule has 2 heteroatoms. The van der Waals surface area contributed by atoms with Crippen LogP contribution in [-0.4, -0.2) is 5.11 Å². The third-order valence-electron chi connectivity index (χ3n) is 3.93. The van der Waals surface area contributed by atoms with Crippen LogP contribution in [0.15, 0.2) is 18.2 Å². The van der Waals surface area contributed by atoms with Crippen molar-refractivity contribution in [3.8, 4) is 0 Å². The molecule has 88 valence electrons. The van der Waals surface area contributed by atoms with E-state index in [-0.39, 0.29) is 0 Å². The Morgan fingerprint density at radius 1 is 1.38 bits per heavy atom. The maximum atomic E-state index is 10.8. The molecule has 0 aromatic heterocycles. The number of rotatable bonds is 1. The van der Waals surface area contributed by atoms with Crippen molar-refractivity contribution < 1.29 is 5.11 Å². The number of hydrogen-bond donors (Lipinski definition) is 1. The van der Waals surface area contributed by atoms with Gasteiger partial charge >= 0.3 is 0 Å². The van der Waals surface area contributed by atoms with Crippen molar-refractivity contribution in [3.63, 3.8) is 0 Å². The predicted octanol–water partition coefficient (Wildman–Crippen LogP) is 4.05. The highest BCUT2D eigenvalue weighted by Crippen LogP contribution is 2.42. The molecule has 0 bridgehead atoms. The molecule has 1 aromatic rings. The first-order valence-electron chi connectivity index (χ1n) is 6.03. The second-order valence-corrected chi connectivity index (χ2v) is 5.44. The fourth-order valence-corrected chi connectivity index (χ4v) is 2.80. The summed E-state index contributed by atoms with van der Waals surface area (Å²) in [6.45, 7) is 4.12. The van der Waals surface area contributed by atoms with Gasteiger partial charge in [-0.1, -0.05) is 43.5 Å². The van der Waals surface area contributed by atoms with Crippen LogP contribution in [0.2, 0.25) is 5.02 Å². The van der Waals surface area contributed by atoms with Gasteiger partial charge in [-0.25, -0.2) is 0 Å². The fraction of sp³-hybridized carbons (Fsp3) is 0.571. The zero-order valence-corrected chi connectivity index (χ0v) is 10.7. The standard InChI is InChI=1S/C14H19ClO/c1-10-6-7-12(9-13(10)15)14(16)8-4-3-5-11(14)2/h6-7,9,11,16H,3-5,8H2,1-2H3. The van der Waals surface area contributed by atoms with Crippen LogP contribution >= 0.6 is 11.6 Å². The SMILES string of the molecule is Cc1ccc(C2(O)CCCCC2C)cc1Cl. The van der Waals surface area contributed by atoms with E-state index in [9.17, 15) is 5.11 Å². The number of aryl methyl sites for hydroxylation is 1. The van der Waals surface area contributed by atoms with Crippen molar-refractivity contribution >= 4 is 11.6 Å². The molecule has 0 heterocycles. The van der Waals surface area contributed by atoms with Gasteiger partial charge in [-0.05, 0) is 42.9 Å². The Hall–Kier alpha value is -0.530. The number of halogens is 1. The summed E-state index contributed by atoms with van der Waals surface area (Å²) in [5.41, 5.74) is 1.38. The lowest BCUT2D eigenvalue weighted by atomic mass is 9.72. The summed E-state index contributed by atoms with van der Waals surface area (Å²) in [5, 5.41) is 11.5. The molecule has 2 atom stereocenters. The fourth-order valence-electron chi connectivity index (χ4n) is 2.62. The van der Waals surface area contributed by atoms with Gasteiger partial charge in [0.2, 0.25) is 0 Å². The highest BCUT2D eigenvalue weighted by molar-refractivity contribution is 6.31. The maximum Gasteiger partial charge on any atom is 0.0922 e. The van der Waals surface area contributed by atoms with Gasteiger partial charge in [-0.15, -0.1) is 0 Å². The van der Waals surface area contributed by atoms with E-state index < -0.39 is 5.60 Å². The van der Waals surface area contributed by atoms with Gasteiger partial charge in [0.25, 0.3) is 0 Å². The molecule has 1 nitrogen and oxygen atoms in total. The molecule has 0 radical (unpaired) electrons. The van der Waals surface area contributed by atoms with Crippen LogP contribution in [0.25, 0.3) is 0 Å². The lowest BCUT2D eigenvalue weighted by Crippen LogP contribution is -2.36. The Labute approximate surface area is 102 Å². The molecule has 2 rings (SSSR count). The van der Waals surface area contributed by atoms with E-state index in [1.54, 1.807) is 0 Å². The summed E-state index contributed by atoms with van der Waals surface area (Å²) >= 11 is 6.13. The van der Waals surface area contributed by atoms with E-state index in [2.05, 4.69) is 6.92 Å². The molecule has 0 saturated heterocycles. The topological polar surface area (TPSA) is 20.2 Å². The third-order valence-corrected chi connectivity index (χ3v) is 4.34. The summed E-state index contributed by atoms with van der Waals surface area (Å²) < 4.78 is 0. The van der Waals surface area contributed by atoms with E-state index in [0.29, 0.717) is 5.92 Å². The van der Waals surface area contributed by atoms with Crippen LogP contribution in [0.5, 0.6) is 0 Å². The zero-order valence-electron chi connectivity index (χ0n) is 9.96. The van der Waals surface area contributed by atoms with Crippen LogP contribution in [-0.2, 0) is 5.60 Å². The van der Waals surface area contributed by atoms with Crippen LogP contribution in [0, 0.1) is 12.8 Å². The van der Waals surface area contributed by atoms with Gasteiger partial charge in [0, 0.05) is 5.02 Å². The second kappa shape index (κ2) is 4.38. The van der Waals surface area contributed by atoms with E-state index in [1.165, 1.54) is 6.42 Å². The third kappa shape index (κ3) is 1.99. The van der Waals surface area contributed by atoms with Gasteiger partial charge in [-0.2, -0.15) is 0 Å². The highest BCUT2D eigenvalue weighted by Gasteiger charge is 2.37. The average Bonchev–Trinajstić information content (AvgIpc) is 2.26. The summed E-state index contributed by atoms with van der Waals surface area (Å²) in [6, 6.07) is 5.94. The van der Waals surface area contributed by atoms with Crippen molar-refractivity contribution in [2.24, 2.45) is 5.92 Å². The van der Waals surface area contributed by atoms with Gasteiger partial charge < -0.3 is 5.11 Å². The Balaban J connectivity index is 2.37. The molecule has 0 amide bonds. The molecule has 1 fully saturated rings. The van der Waals surface area contributed by atoms with E-state index in [4.69, 9.17) is 11.6 Å². The molecule has 2 unspecified atom stereocenters. The van der Waals surface area contributed by atoms with Gasteiger partial charge in [0.05, 0.1) is 5.60 Å². The molecular formula is C14H19ClO. The predicted molar refractivity (Wildman–Crippen MR) is 67.7 cm³/mol. The first kappa shape index (κ1) is 11.9. The molecule has 1 aromatic carbocycles. The minimum Gasteiger partial charge on any atom is -0.385 e. The molecule has 0 aliphatic heterocycles. The van der Waals surface area contributed by atoms with Crippen LogP contribution < -0.4 is 0 Å². The largest absolute Gasteiger partial charge is 0.385 e. The van der Waals surface area contributed by atoms with Gasteiger partial charge in [-0.3, -0.25) is 0 Å². The van der Waals surface area contributed by atoms with E-state index in [1.807, 2.05) is 25.1 Å². The Morgan fingerprint density at radius 2 is 2.12 bits per heavy atom. The molecule has 0 spiro atoms. The molecule has 1 aliphatic carbocycles. The Morgan fingerprint density at radius 3 is 2.75 bits per heavy atom. The molecule has 1 N–H and O–H groups in total. The maximum absolute atomic E-state index is 10.8. The molecule has 16 heavy (non-hydrogen) atoms. The summed E-state index contributed by atoms with van der Waals surface area (Å²) in [7, 11) is 0. The second-order valence-electron chi connectivity index (χ2n) is 5.04. The van der Waals surface area contributed by atoms with Crippen molar-refractivity contribution in [3.05, 3.63) is 34.3 Å². The quantitative estimate of drug-likeness (QED) is 0.783. The summed E-state index contributed by atoms with van der Waals surface area (Å²) in [5.74, 6) is 0.319. The van der Waals surface area contributed by atoms with Crippen molar-refractivity contribution in [2.75, 3.05) is 0 Å². The Bertz CT molecular complexity index is 388. The first-order valence-corrected chi connectivity index (χ1v) is 6.41. The van der Waals surface area contributed by atoms with E-state index >= 15 is 0 Å². The smallest absolute Gasteiger partial charge is 0.0922 e. The molecular weight excluding hydrogens is 220 g/mol. The average molecular weight is 239 g/mol. The normalized spacial score (nSPS) is 30.4. The molecule has 1 saturated carbocycles. The van der Waals surface area contributed by atoms with E-state index in [0.717, 1.165) is 35.4 Å². The van der Waals surface area contributed by atoms with Gasteiger partial charge in [0.1, 0.15) is 0 Å². The van der Waals surface area contributed by atoms with Crippen LogP contribution in [0.3, 0.4) is 0 Å². The monoisotopic (exact) mass is 238 g/mol. The molecule has 1 aliphatic rings. The summed E-state index contributed by atoms with van der Waals surface area (Å²) in [4.78, 5) is 0. The first-order chi connectivity index (χ1) is 7.54. The number of hydrogen-bond acceptors (Lipinski definition) is 1. The van der Waals surface area contributed by atoms with Gasteiger partial charge in [0.15, 0.2) is 0 Å². The van der Waals surface area contributed by atoms with Crippen LogP contribution in [0.1, 0.15) is 43.7 Å². The lowest BCUT2D eigenvalue weighted by molar-refractivity contribution is -0.0469. The lowest BCUT2D eigenvalue weighted by Gasteiger charge is -2.38. The van der Waals surface area contributed by atoms with Crippen molar-refractivity contribution in [2.45, 2.75) is 45.1 Å². The number of benzene rings is 1. The number of aliphatic hydroxyl groups is 1. The van der Waals surface area contributed by atoms with Crippen molar-refractivity contribution in [1.82, 2.24) is 0 Å². The van der Waals surface area contributed by atoms with Crippen LogP contribution in [0.4, 0.5) is 0 Å². The zero-order chi connectivity index (χ0) is 11.8. The van der Waals surface area contributed by atoms with Crippen molar-refractivity contribution in [1.29, 1.82) is 0 Å².